The molecule has 1 fully saturated rings. The van der Waals surface area contributed by atoms with Gasteiger partial charge in [0.2, 0.25) is 0 Å². The highest BCUT2D eigenvalue weighted by Crippen LogP contribution is 2.36. The summed E-state index contributed by atoms with van der Waals surface area (Å²) in [6, 6.07) is 0. The predicted molar refractivity (Wildman–Crippen MR) is 107 cm³/mol. The first-order valence-corrected chi connectivity index (χ1v) is 9.85. The van der Waals surface area contributed by atoms with Gasteiger partial charge >= 0.3 is 5.97 Å². The van der Waals surface area contributed by atoms with E-state index >= 15 is 0 Å². The van der Waals surface area contributed by atoms with E-state index in [-0.39, 0.29) is 24.7 Å². The van der Waals surface area contributed by atoms with Crippen molar-refractivity contribution in [1.82, 2.24) is 0 Å². The van der Waals surface area contributed by atoms with Crippen LogP contribution in [0.3, 0.4) is 0 Å². The Bertz CT molecular complexity index is 535. The molecule has 1 saturated carbocycles. The van der Waals surface area contributed by atoms with Crippen molar-refractivity contribution in [3.8, 4) is 0 Å². The molecule has 0 spiro atoms. The van der Waals surface area contributed by atoms with Gasteiger partial charge in [0.05, 0.1) is 18.3 Å². The van der Waals surface area contributed by atoms with E-state index in [0.717, 1.165) is 19.3 Å². The fraction of sp³-hybridized carbons (Fsp3) is 0.591. The molecular weight excluding hydrogens is 344 g/mol. The summed E-state index contributed by atoms with van der Waals surface area (Å²) in [5, 5.41) is 38.9. The van der Waals surface area contributed by atoms with Crippen molar-refractivity contribution in [2.24, 2.45) is 11.8 Å². The van der Waals surface area contributed by atoms with Gasteiger partial charge in [-0.2, -0.15) is 0 Å². The zero-order valence-electron chi connectivity index (χ0n) is 16.2. The Labute approximate surface area is 162 Å². The SMILES string of the molecule is CC/C=C\C/C=C\C/C=C\C[C@@H]1[C@@H](/C=C/[C@@H](O)CCC(=O)O)[C@@H](O)C[C@H]1O. The van der Waals surface area contributed by atoms with Gasteiger partial charge in [-0.3, -0.25) is 4.79 Å². The van der Waals surface area contributed by atoms with E-state index in [1.807, 2.05) is 6.08 Å². The lowest BCUT2D eigenvalue weighted by atomic mass is 9.89. The zero-order valence-corrected chi connectivity index (χ0v) is 16.2. The molecule has 1 aliphatic carbocycles. The molecular formula is C22H34O5. The normalized spacial score (nSPS) is 27.6. The molecule has 0 aromatic heterocycles. The van der Waals surface area contributed by atoms with Crippen LogP contribution in [0, 0.1) is 11.8 Å². The Morgan fingerprint density at radius 1 is 1.04 bits per heavy atom. The van der Waals surface area contributed by atoms with Gasteiger partial charge in [-0.05, 0) is 38.0 Å². The van der Waals surface area contributed by atoms with Gasteiger partial charge in [-0.15, -0.1) is 0 Å². The third-order valence-corrected chi connectivity index (χ3v) is 4.81. The number of rotatable bonds is 12. The lowest BCUT2D eigenvalue weighted by Crippen LogP contribution is -2.20. The third-order valence-electron chi connectivity index (χ3n) is 4.81. The largest absolute Gasteiger partial charge is 0.481 e. The molecule has 0 saturated heterocycles. The maximum atomic E-state index is 10.5. The van der Waals surface area contributed by atoms with Crippen molar-refractivity contribution >= 4 is 5.97 Å². The molecule has 5 atom stereocenters. The minimum atomic E-state index is -0.947. The fourth-order valence-corrected chi connectivity index (χ4v) is 3.29. The number of aliphatic hydroxyl groups is 3. The van der Waals surface area contributed by atoms with Crippen molar-refractivity contribution in [3.63, 3.8) is 0 Å². The molecule has 4 N–H and O–H groups in total. The molecule has 1 rings (SSSR count). The lowest BCUT2D eigenvalue weighted by Gasteiger charge is -2.19. The molecule has 0 unspecified atom stereocenters. The van der Waals surface area contributed by atoms with Gasteiger partial charge in [0.25, 0.3) is 0 Å². The predicted octanol–water partition coefficient (Wildman–Crippen LogP) is 3.38. The average Bonchev–Trinajstić information content (AvgIpc) is 2.89. The molecule has 0 aliphatic heterocycles. The van der Waals surface area contributed by atoms with Gasteiger partial charge in [0.1, 0.15) is 0 Å². The fourth-order valence-electron chi connectivity index (χ4n) is 3.29. The van der Waals surface area contributed by atoms with E-state index in [4.69, 9.17) is 5.11 Å². The zero-order chi connectivity index (χ0) is 20.1. The van der Waals surface area contributed by atoms with Crippen molar-refractivity contribution in [3.05, 3.63) is 48.6 Å². The van der Waals surface area contributed by atoms with E-state index in [1.54, 1.807) is 6.08 Å². The Balaban J connectivity index is 2.47. The first kappa shape index (κ1) is 23.3. The first-order chi connectivity index (χ1) is 13.0. The summed E-state index contributed by atoms with van der Waals surface area (Å²) >= 11 is 0. The summed E-state index contributed by atoms with van der Waals surface area (Å²) in [4.78, 5) is 10.5. The van der Waals surface area contributed by atoms with Crippen molar-refractivity contribution in [2.75, 3.05) is 0 Å². The molecule has 0 heterocycles. The number of carboxylic acid groups (broad SMARTS) is 1. The van der Waals surface area contributed by atoms with Crippen LogP contribution in [0.5, 0.6) is 0 Å². The highest BCUT2D eigenvalue weighted by Gasteiger charge is 2.39. The van der Waals surface area contributed by atoms with Crippen LogP contribution in [-0.2, 0) is 4.79 Å². The van der Waals surface area contributed by atoms with Gasteiger partial charge in [0.15, 0.2) is 0 Å². The smallest absolute Gasteiger partial charge is 0.303 e. The van der Waals surface area contributed by atoms with Crippen molar-refractivity contribution < 1.29 is 25.2 Å². The third kappa shape index (κ3) is 9.70. The second kappa shape index (κ2) is 13.5. The number of carboxylic acids is 1. The Hall–Kier alpha value is -1.69. The van der Waals surface area contributed by atoms with Crippen LogP contribution < -0.4 is 0 Å². The number of aliphatic hydroxyl groups excluding tert-OH is 3. The summed E-state index contributed by atoms with van der Waals surface area (Å²) in [6.45, 7) is 2.11. The van der Waals surface area contributed by atoms with Gasteiger partial charge in [0, 0.05) is 18.8 Å². The Morgan fingerprint density at radius 3 is 2.30 bits per heavy atom. The molecule has 0 radical (unpaired) electrons. The number of allylic oxidation sites excluding steroid dienone is 6. The van der Waals surface area contributed by atoms with Crippen molar-refractivity contribution in [2.45, 2.75) is 70.2 Å². The van der Waals surface area contributed by atoms with Crippen LogP contribution in [0.2, 0.25) is 0 Å². The number of carbonyl (C=O) groups is 1. The van der Waals surface area contributed by atoms with Crippen LogP contribution >= 0.6 is 0 Å². The molecule has 152 valence electrons. The van der Waals surface area contributed by atoms with Crippen molar-refractivity contribution in [1.29, 1.82) is 0 Å². The monoisotopic (exact) mass is 378 g/mol. The topological polar surface area (TPSA) is 98.0 Å². The highest BCUT2D eigenvalue weighted by molar-refractivity contribution is 5.66. The molecule has 0 amide bonds. The summed E-state index contributed by atoms with van der Waals surface area (Å²) in [5.41, 5.74) is 0. The number of hydrogen-bond donors (Lipinski definition) is 4. The quantitative estimate of drug-likeness (QED) is 0.390. The summed E-state index contributed by atoms with van der Waals surface area (Å²) < 4.78 is 0. The van der Waals surface area contributed by atoms with E-state index in [2.05, 4.69) is 37.3 Å². The lowest BCUT2D eigenvalue weighted by molar-refractivity contribution is -0.137. The summed E-state index contributed by atoms with van der Waals surface area (Å²) in [6.07, 6.45) is 17.6. The molecule has 0 aromatic rings. The molecule has 5 nitrogen and oxygen atoms in total. The van der Waals surface area contributed by atoms with Gasteiger partial charge in [-0.1, -0.05) is 55.5 Å². The summed E-state index contributed by atoms with van der Waals surface area (Å²) in [7, 11) is 0. The second-order valence-electron chi connectivity index (χ2n) is 7.03. The van der Waals surface area contributed by atoms with E-state index < -0.39 is 24.3 Å². The first-order valence-electron chi connectivity index (χ1n) is 9.85. The Morgan fingerprint density at radius 2 is 1.67 bits per heavy atom. The highest BCUT2D eigenvalue weighted by atomic mass is 16.4. The van der Waals surface area contributed by atoms with Crippen LogP contribution in [0.4, 0.5) is 0 Å². The van der Waals surface area contributed by atoms with Crippen LogP contribution in [-0.4, -0.2) is 44.7 Å². The number of aliphatic carboxylic acids is 1. The van der Waals surface area contributed by atoms with Crippen LogP contribution in [0.25, 0.3) is 0 Å². The minimum absolute atomic E-state index is 0.101. The second-order valence-corrected chi connectivity index (χ2v) is 7.03. The minimum Gasteiger partial charge on any atom is -0.481 e. The maximum absolute atomic E-state index is 10.5. The molecule has 0 aromatic carbocycles. The molecule has 27 heavy (non-hydrogen) atoms. The van der Waals surface area contributed by atoms with Crippen LogP contribution in [0.15, 0.2) is 48.6 Å². The van der Waals surface area contributed by atoms with Gasteiger partial charge in [-0.25, -0.2) is 0 Å². The maximum Gasteiger partial charge on any atom is 0.303 e. The standard InChI is InChI=1S/C22H34O5/c1-2-3-4-5-6-7-8-9-10-11-18-19(21(25)16-20(18)24)14-12-17(23)13-15-22(26)27/h3-4,6-7,9-10,12,14,17-21,23-25H,2,5,8,11,13,15-16H2,1H3,(H,26,27)/b4-3-,7-6-,10-9-,14-12+/t17-,18-,19-,20-,21+/m1/s1. The van der Waals surface area contributed by atoms with Crippen LogP contribution in [0.1, 0.15) is 51.9 Å². The molecule has 1 aliphatic rings. The Kier molecular flexibility index (Phi) is 11.7. The van der Waals surface area contributed by atoms with E-state index in [0.29, 0.717) is 12.8 Å². The van der Waals surface area contributed by atoms with Gasteiger partial charge < -0.3 is 20.4 Å². The van der Waals surface area contributed by atoms with E-state index in [1.165, 1.54) is 6.08 Å². The average molecular weight is 379 g/mol. The molecule has 5 heteroatoms. The van der Waals surface area contributed by atoms with E-state index in [9.17, 15) is 20.1 Å². The molecule has 0 bridgehead atoms. The summed E-state index contributed by atoms with van der Waals surface area (Å²) in [5.74, 6) is -1.29. The number of hydrogen-bond acceptors (Lipinski definition) is 4.